The summed E-state index contributed by atoms with van der Waals surface area (Å²) in [6.45, 7) is 11.0. The predicted octanol–water partition coefficient (Wildman–Crippen LogP) is 12.3. The van der Waals surface area contributed by atoms with Gasteiger partial charge in [0.05, 0.1) is 0 Å². The first-order valence-corrected chi connectivity index (χ1v) is 17.1. The Morgan fingerprint density at radius 3 is 0.600 bits per heavy atom. The lowest BCUT2D eigenvalue weighted by Crippen LogP contribution is -2.27. The molecular weight excluding hydrogens is 422 g/mol. The number of rotatable bonds is 31. The van der Waals surface area contributed by atoms with Gasteiger partial charge < -0.3 is 4.90 Å². The molecule has 0 bridgehead atoms. The Kier molecular flexibility index (Phi) is 32.0. The Labute approximate surface area is 225 Å². The smallest absolute Gasteiger partial charge is 0.00187 e. The summed E-state index contributed by atoms with van der Waals surface area (Å²) in [4.78, 5) is 2.83. The summed E-state index contributed by atoms with van der Waals surface area (Å²) in [5, 5.41) is 0. The molecule has 0 saturated heterocycles. The Hall–Kier alpha value is -0.0400. The molecule has 0 aromatic rings. The third kappa shape index (κ3) is 30.1. The summed E-state index contributed by atoms with van der Waals surface area (Å²) in [5.41, 5.74) is 0. The minimum atomic E-state index is 1.36. The van der Waals surface area contributed by atoms with Crippen molar-refractivity contribution < 1.29 is 0 Å². The van der Waals surface area contributed by atoms with Crippen molar-refractivity contribution >= 4 is 0 Å². The van der Waals surface area contributed by atoms with E-state index in [1.54, 1.807) is 0 Å². The van der Waals surface area contributed by atoms with Crippen LogP contribution in [0.5, 0.6) is 0 Å². The maximum atomic E-state index is 2.83. The van der Waals surface area contributed by atoms with Gasteiger partial charge in [-0.2, -0.15) is 0 Å². The number of nitrogens with zero attached hydrogens (tertiary/aromatic N) is 1. The van der Waals surface area contributed by atoms with E-state index in [2.05, 4.69) is 25.7 Å². The molecule has 1 nitrogen and oxygen atoms in total. The first-order chi connectivity index (χ1) is 17.3. The van der Waals surface area contributed by atoms with Crippen molar-refractivity contribution in [2.24, 2.45) is 0 Å². The van der Waals surface area contributed by atoms with Gasteiger partial charge in [0.1, 0.15) is 0 Å². The molecule has 212 valence electrons. The number of unbranched alkanes of at least 4 members (excludes halogenated alkanes) is 25. The topological polar surface area (TPSA) is 3.24 Å². The standard InChI is InChI=1S/C34H71N/c1-4-7-10-13-16-18-20-22-24-27-30-33-35(32-29-26-15-12-9-6-3)34-31-28-25-23-21-19-17-14-11-8-5-2/h4-34H2,1-3H3. The Balaban J connectivity index is 3.78. The second-order valence-corrected chi connectivity index (χ2v) is 11.7. The van der Waals surface area contributed by atoms with Gasteiger partial charge in [0.15, 0.2) is 0 Å². The fourth-order valence-electron chi connectivity index (χ4n) is 5.45. The average Bonchev–Trinajstić information content (AvgIpc) is 2.87. The van der Waals surface area contributed by atoms with Crippen molar-refractivity contribution in [1.82, 2.24) is 4.90 Å². The second kappa shape index (κ2) is 32.0. The van der Waals surface area contributed by atoms with Gasteiger partial charge >= 0.3 is 0 Å². The Morgan fingerprint density at radius 2 is 0.400 bits per heavy atom. The molecule has 0 heterocycles. The molecule has 0 radical (unpaired) electrons. The largest absolute Gasteiger partial charge is 0.303 e. The van der Waals surface area contributed by atoms with Crippen molar-refractivity contribution in [2.75, 3.05) is 19.6 Å². The number of hydrogen-bond acceptors (Lipinski definition) is 1. The normalized spacial score (nSPS) is 11.7. The highest BCUT2D eigenvalue weighted by molar-refractivity contribution is 4.61. The first kappa shape index (κ1) is 35.0. The molecule has 1 heteroatoms. The zero-order chi connectivity index (χ0) is 25.5. The fraction of sp³-hybridized carbons (Fsp3) is 1.00. The SMILES string of the molecule is CCCCCCCCCCCCCN(CCCCCCCC)CCCCCCCCCCCCC. The van der Waals surface area contributed by atoms with Crippen LogP contribution in [0, 0.1) is 0 Å². The second-order valence-electron chi connectivity index (χ2n) is 11.7. The molecule has 0 aliphatic rings. The van der Waals surface area contributed by atoms with Gasteiger partial charge in [0.25, 0.3) is 0 Å². The molecule has 0 unspecified atom stereocenters. The lowest BCUT2D eigenvalue weighted by Gasteiger charge is -2.22. The van der Waals surface area contributed by atoms with Crippen molar-refractivity contribution in [1.29, 1.82) is 0 Å². The van der Waals surface area contributed by atoms with E-state index < -0.39 is 0 Å². The van der Waals surface area contributed by atoms with E-state index in [1.165, 1.54) is 199 Å². The van der Waals surface area contributed by atoms with Crippen LogP contribution in [0.3, 0.4) is 0 Å². The third-order valence-electron chi connectivity index (χ3n) is 7.98. The zero-order valence-electron chi connectivity index (χ0n) is 25.4. The molecule has 0 aromatic heterocycles. The van der Waals surface area contributed by atoms with Gasteiger partial charge in [0.2, 0.25) is 0 Å². The average molecular weight is 494 g/mol. The minimum absolute atomic E-state index is 1.36. The van der Waals surface area contributed by atoms with Crippen molar-refractivity contribution in [3.63, 3.8) is 0 Å². The summed E-state index contributed by atoms with van der Waals surface area (Å²) in [5.74, 6) is 0. The van der Waals surface area contributed by atoms with E-state index in [0.29, 0.717) is 0 Å². The highest BCUT2D eigenvalue weighted by atomic mass is 15.1. The van der Waals surface area contributed by atoms with Gasteiger partial charge in [0, 0.05) is 0 Å². The summed E-state index contributed by atoms with van der Waals surface area (Å²) in [6.07, 6.45) is 40.6. The van der Waals surface area contributed by atoms with E-state index in [-0.39, 0.29) is 0 Å². The molecule has 0 saturated carbocycles. The lowest BCUT2D eigenvalue weighted by molar-refractivity contribution is 0.254. The maximum absolute atomic E-state index is 2.83. The van der Waals surface area contributed by atoms with E-state index >= 15 is 0 Å². The van der Waals surface area contributed by atoms with Crippen LogP contribution >= 0.6 is 0 Å². The quantitative estimate of drug-likeness (QED) is 0.0867. The molecule has 0 rings (SSSR count). The van der Waals surface area contributed by atoms with E-state index in [1.807, 2.05) is 0 Å². The third-order valence-corrected chi connectivity index (χ3v) is 7.98. The van der Waals surface area contributed by atoms with Crippen LogP contribution in [0.25, 0.3) is 0 Å². The molecule has 0 amide bonds. The molecule has 0 fully saturated rings. The van der Waals surface area contributed by atoms with Gasteiger partial charge in [-0.25, -0.2) is 0 Å². The molecule has 0 spiro atoms. The fourth-order valence-corrected chi connectivity index (χ4v) is 5.45. The van der Waals surface area contributed by atoms with E-state index in [9.17, 15) is 0 Å². The molecular formula is C34H71N. The molecule has 0 atom stereocenters. The van der Waals surface area contributed by atoms with Crippen LogP contribution in [0.1, 0.15) is 201 Å². The maximum Gasteiger partial charge on any atom is -0.00187 e. The lowest BCUT2D eigenvalue weighted by atomic mass is 10.1. The van der Waals surface area contributed by atoms with Gasteiger partial charge in [-0.05, 0) is 38.9 Å². The van der Waals surface area contributed by atoms with Crippen LogP contribution in [0.15, 0.2) is 0 Å². The molecule has 0 aliphatic carbocycles. The van der Waals surface area contributed by atoms with Gasteiger partial charge in [-0.1, -0.05) is 181 Å². The zero-order valence-corrected chi connectivity index (χ0v) is 25.4. The summed E-state index contributed by atoms with van der Waals surface area (Å²) in [7, 11) is 0. The Morgan fingerprint density at radius 1 is 0.229 bits per heavy atom. The number of hydrogen-bond donors (Lipinski definition) is 0. The van der Waals surface area contributed by atoms with Crippen molar-refractivity contribution in [2.45, 2.75) is 201 Å². The monoisotopic (exact) mass is 494 g/mol. The summed E-state index contributed by atoms with van der Waals surface area (Å²) >= 11 is 0. The predicted molar refractivity (Wildman–Crippen MR) is 163 cm³/mol. The van der Waals surface area contributed by atoms with Crippen LogP contribution in [0.4, 0.5) is 0 Å². The van der Waals surface area contributed by atoms with Crippen molar-refractivity contribution in [3.8, 4) is 0 Å². The Bertz CT molecular complexity index is 326. The van der Waals surface area contributed by atoms with Crippen LogP contribution < -0.4 is 0 Å². The van der Waals surface area contributed by atoms with E-state index in [0.717, 1.165) is 0 Å². The van der Waals surface area contributed by atoms with E-state index in [4.69, 9.17) is 0 Å². The minimum Gasteiger partial charge on any atom is -0.303 e. The molecule has 0 aliphatic heterocycles. The first-order valence-electron chi connectivity index (χ1n) is 17.1. The van der Waals surface area contributed by atoms with Crippen LogP contribution in [-0.4, -0.2) is 24.5 Å². The highest BCUT2D eigenvalue weighted by Gasteiger charge is 2.05. The van der Waals surface area contributed by atoms with Crippen LogP contribution in [0.2, 0.25) is 0 Å². The molecule has 0 aromatic carbocycles. The van der Waals surface area contributed by atoms with Gasteiger partial charge in [-0.15, -0.1) is 0 Å². The van der Waals surface area contributed by atoms with Gasteiger partial charge in [-0.3, -0.25) is 0 Å². The molecule has 0 N–H and O–H groups in total. The van der Waals surface area contributed by atoms with Crippen LogP contribution in [-0.2, 0) is 0 Å². The highest BCUT2D eigenvalue weighted by Crippen LogP contribution is 2.14. The van der Waals surface area contributed by atoms with Crippen molar-refractivity contribution in [3.05, 3.63) is 0 Å². The molecule has 35 heavy (non-hydrogen) atoms. The summed E-state index contributed by atoms with van der Waals surface area (Å²) < 4.78 is 0. The summed E-state index contributed by atoms with van der Waals surface area (Å²) in [6, 6.07) is 0.